The Labute approximate surface area is 152 Å². The van der Waals surface area contributed by atoms with Gasteiger partial charge < -0.3 is 15.4 Å². The maximum atomic E-state index is 12.5. The van der Waals surface area contributed by atoms with Crippen LogP contribution in [0.4, 0.5) is 5.69 Å². The zero-order valence-electron chi connectivity index (χ0n) is 15.0. The highest BCUT2D eigenvalue weighted by molar-refractivity contribution is 6.05. The number of phenolic OH excluding ortho intramolecular Hbond substituents is 1. The minimum Gasteiger partial charge on any atom is -0.508 e. The SMILES string of the molecule is CC(C)[C@H]1CCc2nc3cc(C(=O)Nc4ccc(O)cc4)[nH]c3cc2C1. The highest BCUT2D eigenvalue weighted by Gasteiger charge is 2.23. The summed E-state index contributed by atoms with van der Waals surface area (Å²) in [5, 5.41) is 12.2. The summed E-state index contributed by atoms with van der Waals surface area (Å²) in [6, 6.07) is 10.4. The summed E-state index contributed by atoms with van der Waals surface area (Å²) >= 11 is 0. The molecule has 0 unspecified atom stereocenters. The number of nitrogens with one attached hydrogen (secondary N) is 2. The molecule has 4 rings (SSSR count). The van der Waals surface area contributed by atoms with Gasteiger partial charge in [-0.3, -0.25) is 9.78 Å². The number of benzene rings is 1. The number of hydrogen-bond donors (Lipinski definition) is 3. The van der Waals surface area contributed by atoms with Gasteiger partial charge in [0.15, 0.2) is 0 Å². The molecule has 0 saturated carbocycles. The number of nitrogens with zero attached hydrogens (tertiary/aromatic N) is 1. The van der Waals surface area contributed by atoms with Crippen LogP contribution in [-0.4, -0.2) is 21.0 Å². The van der Waals surface area contributed by atoms with E-state index in [0.717, 1.165) is 23.9 Å². The number of fused-ring (bicyclic) bond motifs is 2. The first kappa shape index (κ1) is 16.6. The minimum atomic E-state index is -0.216. The van der Waals surface area contributed by atoms with Crippen molar-refractivity contribution in [2.45, 2.75) is 33.1 Å². The molecule has 134 valence electrons. The van der Waals surface area contributed by atoms with Gasteiger partial charge in [-0.05, 0) is 73.1 Å². The lowest BCUT2D eigenvalue weighted by Gasteiger charge is -2.26. The van der Waals surface area contributed by atoms with Crippen LogP contribution < -0.4 is 5.32 Å². The van der Waals surface area contributed by atoms with E-state index >= 15 is 0 Å². The second-order valence-electron chi connectivity index (χ2n) is 7.46. The third kappa shape index (κ3) is 3.17. The summed E-state index contributed by atoms with van der Waals surface area (Å²) < 4.78 is 0. The first-order valence-electron chi connectivity index (χ1n) is 9.11. The van der Waals surface area contributed by atoms with E-state index in [4.69, 9.17) is 4.98 Å². The number of H-pyrrole nitrogens is 1. The first-order chi connectivity index (χ1) is 12.5. The molecule has 3 aromatic rings. The van der Waals surface area contributed by atoms with Crippen LogP contribution in [0.15, 0.2) is 36.4 Å². The standard InChI is InChI=1S/C21H23N3O2/c1-12(2)13-3-8-17-14(9-13)10-18-19(23-17)11-20(24-18)21(26)22-15-4-6-16(25)7-5-15/h4-7,10-13,24-25H,3,8-9H2,1-2H3,(H,22,26)/t13-/m0/s1. The van der Waals surface area contributed by atoms with Crippen molar-refractivity contribution in [3.63, 3.8) is 0 Å². The molecule has 5 nitrogen and oxygen atoms in total. The Kier molecular flexibility index (Phi) is 4.15. The van der Waals surface area contributed by atoms with Crippen molar-refractivity contribution in [1.82, 2.24) is 9.97 Å². The summed E-state index contributed by atoms with van der Waals surface area (Å²) in [6.45, 7) is 4.56. The fourth-order valence-corrected chi connectivity index (χ4v) is 3.67. The van der Waals surface area contributed by atoms with Crippen LogP contribution in [0.2, 0.25) is 0 Å². The van der Waals surface area contributed by atoms with Crippen LogP contribution in [0, 0.1) is 11.8 Å². The predicted octanol–water partition coefficient (Wildman–Crippen LogP) is 4.28. The molecule has 0 radical (unpaired) electrons. The number of rotatable bonds is 3. The van der Waals surface area contributed by atoms with E-state index in [2.05, 4.69) is 30.2 Å². The highest BCUT2D eigenvalue weighted by atomic mass is 16.3. The third-order valence-corrected chi connectivity index (χ3v) is 5.32. The Morgan fingerprint density at radius 1 is 1.27 bits per heavy atom. The van der Waals surface area contributed by atoms with Gasteiger partial charge >= 0.3 is 0 Å². The zero-order chi connectivity index (χ0) is 18.3. The van der Waals surface area contributed by atoms with Crippen molar-refractivity contribution in [3.8, 4) is 5.75 Å². The van der Waals surface area contributed by atoms with Crippen LogP contribution in [-0.2, 0) is 12.8 Å². The van der Waals surface area contributed by atoms with Gasteiger partial charge in [-0.1, -0.05) is 13.8 Å². The number of aromatic hydroxyl groups is 1. The molecular weight excluding hydrogens is 326 g/mol. The van der Waals surface area contributed by atoms with E-state index in [9.17, 15) is 9.90 Å². The van der Waals surface area contributed by atoms with Gasteiger partial charge in [-0.2, -0.15) is 0 Å². The largest absolute Gasteiger partial charge is 0.508 e. The predicted molar refractivity (Wildman–Crippen MR) is 103 cm³/mol. The molecule has 2 aromatic heterocycles. The molecule has 0 spiro atoms. The highest BCUT2D eigenvalue weighted by Crippen LogP contribution is 2.31. The van der Waals surface area contributed by atoms with Crippen LogP contribution in [0.3, 0.4) is 0 Å². The lowest BCUT2D eigenvalue weighted by molar-refractivity contribution is 0.102. The maximum absolute atomic E-state index is 12.5. The normalized spacial score (nSPS) is 16.7. The van der Waals surface area contributed by atoms with Crippen LogP contribution >= 0.6 is 0 Å². The van der Waals surface area contributed by atoms with Crippen molar-refractivity contribution >= 4 is 22.6 Å². The second kappa shape index (κ2) is 6.48. The van der Waals surface area contributed by atoms with E-state index in [1.54, 1.807) is 30.3 Å². The lowest BCUT2D eigenvalue weighted by atomic mass is 9.80. The van der Waals surface area contributed by atoms with Gasteiger partial charge in [0, 0.05) is 11.4 Å². The average Bonchev–Trinajstić information content (AvgIpc) is 3.04. The summed E-state index contributed by atoms with van der Waals surface area (Å²) in [7, 11) is 0. The molecule has 1 aliphatic rings. The monoisotopic (exact) mass is 349 g/mol. The molecule has 5 heteroatoms. The summed E-state index contributed by atoms with van der Waals surface area (Å²) in [5.74, 6) is 1.33. The molecular formula is C21H23N3O2. The number of hydrogen-bond acceptors (Lipinski definition) is 3. The van der Waals surface area contributed by atoms with Gasteiger partial charge in [-0.25, -0.2) is 0 Å². The number of anilines is 1. The van der Waals surface area contributed by atoms with Crippen molar-refractivity contribution in [2.24, 2.45) is 11.8 Å². The topological polar surface area (TPSA) is 78.0 Å². The Balaban J connectivity index is 1.59. The fraction of sp³-hybridized carbons (Fsp3) is 0.333. The summed E-state index contributed by atoms with van der Waals surface area (Å²) in [5.41, 5.74) is 5.34. The second-order valence-corrected chi connectivity index (χ2v) is 7.46. The minimum absolute atomic E-state index is 0.170. The number of carbonyl (C=O) groups excluding carboxylic acids is 1. The number of aryl methyl sites for hydroxylation is 1. The van der Waals surface area contributed by atoms with Crippen LogP contribution in [0.25, 0.3) is 11.0 Å². The first-order valence-corrected chi connectivity index (χ1v) is 9.11. The maximum Gasteiger partial charge on any atom is 0.272 e. The summed E-state index contributed by atoms with van der Waals surface area (Å²) in [4.78, 5) is 20.5. The molecule has 0 bridgehead atoms. The number of carbonyl (C=O) groups is 1. The molecule has 1 amide bonds. The van der Waals surface area contributed by atoms with Gasteiger partial charge in [0.25, 0.3) is 5.91 Å². The summed E-state index contributed by atoms with van der Waals surface area (Å²) in [6.07, 6.45) is 3.25. The quantitative estimate of drug-likeness (QED) is 0.618. The van der Waals surface area contributed by atoms with E-state index in [0.29, 0.717) is 23.2 Å². The molecule has 3 N–H and O–H groups in total. The van der Waals surface area contributed by atoms with Crippen molar-refractivity contribution in [3.05, 3.63) is 53.3 Å². The van der Waals surface area contributed by atoms with Gasteiger partial charge in [0.2, 0.25) is 0 Å². The molecule has 0 fully saturated rings. The molecule has 1 aliphatic carbocycles. The number of amides is 1. The number of pyridine rings is 1. The van der Waals surface area contributed by atoms with Crippen molar-refractivity contribution < 1.29 is 9.90 Å². The van der Waals surface area contributed by atoms with E-state index < -0.39 is 0 Å². The number of phenols is 1. The third-order valence-electron chi connectivity index (χ3n) is 5.32. The van der Waals surface area contributed by atoms with E-state index in [-0.39, 0.29) is 11.7 Å². The van der Waals surface area contributed by atoms with E-state index in [1.165, 1.54) is 17.7 Å². The molecule has 26 heavy (non-hydrogen) atoms. The molecule has 1 atom stereocenters. The van der Waals surface area contributed by atoms with Crippen LogP contribution in [0.5, 0.6) is 5.75 Å². The van der Waals surface area contributed by atoms with Gasteiger partial charge in [0.05, 0.1) is 11.0 Å². The Morgan fingerprint density at radius 2 is 2.04 bits per heavy atom. The van der Waals surface area contributed by atoms with Crippen LogP contribution in [0.1, 0.15) is 42.0 Å². The molecule has 2 heterocycles. The Bertz CT molecular complexity index is 957. The zero-order valence-corrected chi connectivity index (χ0v) is 15.0. The average molecular weight is 349 g/mol. The van der Waals surface area contributed by atoms with Gasteiger partial charge in [0.1, 0.15) is 11.4 Å². The van der Waals surface area contributed by atoms with E-state index in [1.807, 2.05) is 0 Å². The van der Waals surface area contributed by atoms with Crippen molar-refractivity contribution in [1.29, 1.82) is 0 Å². The Morgan fingerprint density at radius 3 is 2.77 bits per heavy atom. The molecule has 0 saturated heterocycles. The number of aromatic nitrogens is 2. The van der Waals surface area contributed by atoms with Gasteiger partial charge in [-0.15, -0.1) is 0 Å². The fourth-order valence-electron chi connectivity index (χ4n) is 3.67. The Hall–Kier alpha value is -2.82. The molecule has 0 aliphatic heterocycles. The number of aromatic amines is 1. The molecule has 1 aromatic carbocycles. The lowest BCUT2D eigenvalue weighted by Crippen LogP contribution is -2.19. The smallest absolute Gasteiger partial charge is 0.272 e. The van der Waals surface area contributed by atoms with Crippen molar-refractivity contribution in [2.75, 3.05) is 5.32 Å².